The van der Waals surface area contributed by atoms with Gasteiger partial charge in [0, 0.05) is 43.6 Å². The summed E-state index contributed by atoms with van der Waals surface area (Å²) < 4.78 is 13.9. The Hall–Kier alpha value is -4.57. The third-order valence-electron chi connectivity index (χ3n) is 7.36. The molecule has 2 aliphatic rings. The van der Waals surface area contributed by atoms with E-state index in [0.29, 0.717) is 17.2 Å². The van der Waals surface area contributed by atoms with Crippen LogP contribution in [0.15, 0.2) is 83.9 Å². The van der Waals surface area contributed by atoms with Gasteiger partial charge in [0.25, 0.3) is 0 Å². The molecule has 206 valence electrons. The van der Waals surface area contributed by atoms with Crippen molar-refractivity contribution in [3.63, 3.8) is 0 Å². The number of rotatable bonds is 7. The second-order valence-electron chi connectivity index (χ2n) is 10.2. The molecule has 1 aromatic heterocycles. The zero-order valence-corrected chi connectivity index (χ0v) is 22.6. The maximum atomic E-state index is 13.6. The van der Waals surface area contributed by atoms with Crippen LogP contribution in [0.3, 0.4) is 0 Å². The van der Waals surface area contributed by atoms with Crippen LogP contribution in [0.25, 0.3) is 5.69 Å². The average molecular weight is 541 g/mol. The van der Waals surface area contributed by atoms with Crippen LogP contribution in [0, 0.1) is 0 Å². The van der Waals surface area contributed by atoms with Crippen LogP contribution in [0.5, 0.6) is 11.5 Å². The van der Waals surface area contributed by atoms with E-state index < -0.39 is 6.04 Å². The largest absolute Gasteiger partial charge is 0.454 e. The third-order valence-corrected chi connectivity index (χ3v) is 7.36. The highest BCUT2D eigenvalue weighted by molar-refractivity contribution is 5.96. The molecule has 10 nitrogen and oxygen atoms in total. The lowest BCUT2D eigenvalue weighted by Crippen LogP contribution is -2.50. The minimum absolute atomic E-state index is 0.00290. The number of ether oxygens (including phenoxy) is 2. The molecule has 0 spiro atoms. The quantitative estimate of drug-likeness (QED) is 0.381. The van der Waals surface area contributed by atoms with Gasteiger partial charge >= 0.3 is 5.69 Å². The Morgan fingerprint density at radius 3 is 2.27 bits per heavy atom. The molecule has 0 radical (unpaired) electrons. The van der Waals surface area contributed by atoms with Crippen molar-refractivity contribution in [2.24, 2.45) is 0 Å². The van der Waals surface area contributed by atoms with Gasteiger partial charge in [-0.05, 0) is 55.8 Å². The molecule has 1 N–H and O–H groups in total. The van der Waals surface area contributed by atoms with Crippen molar-refractivity contribution in [1.29, 1.82) is 0 Å². The SMILES string of the molecule is CC(C)n1ncn(-c2ccc(N3CCN(C(C(=O)Nc4ccc5c(c4)OCO5)c4ccccc4)CC3)cc2)c1=O. The van der Waals surface area contributed by atoms with E-state index in [1.54, 1.807) is 17.0 Å². The van der Waals surface area contributed by atoms with Crippen molar-refractivity contribution in [2.45, 2.75) is 25.9 Å². The first-order chi connectivity index (χ1) is 19.5. The van der Waals surface area contributed by atoms with E-state index in [0.717, 1.165) is 43.1 Å². The third kappa shape index (κ3) is 5.05. The number of carbonyl (C=O) groups is 1. The fourth-order valence-electron chi connectivity index (χ4n) is 5.26. The normalized spacial score (nSPS) is 15.8. The van der Waals surface area contributed by atoms with Gasteiger partial charge in [-0.2, -0.15) is 5.10 Å². The summed E-state index contributed by atoms with van der Waals surface area (Å²) in [6, 6.07) is 22.8. The van der Waals surface area contributed by atoms with E-state index in [9.17, 15) is 9.59 Å². The predicted octanol–water partition coefficient (Wildman–Crippen LogP) is 3.85. The summed E-state index contributed by atoms with van der Waals surface area (Å²) in [7, 11) is 0. The van der Waals surface area contributed by atoms with Crippen molar-refractivity contribution in [3.8, 4) is 17.2 Å². The van der Waals surface area contributed by atoms with Gasteiger partial charge in [0.15, 0.2) is 11.5 Å². The standard InChI is InChI=1S/C30H32N6O4/c1-21(2)36-30(38)35(19-31-36)25-11-9-24(10-12-25)33-14-16-34(17-15-33)28(22-6-4-3-5-7-22)29(37)32-23-8-13-26-27(18-23)40-20-39-26/h3-13,18-19,21,28H,14-17,20H2,1-2H3,(H,32,37). The summed E-state index contributed by atoms with van der Waals surface area (Å²) in [5.41, 5.74) is 3.33. The summed E-state index contributed by atoms with van der Waals surface area (Å²) in [6.07, 6.45) is 1.56. The number of hydrogen-bond acceptors (Lipinski definition) is 7. The lowest BCUT2D eigenvalue weighted by atomic mass is 10.0. The zero-order chi connectivity index (χ0) is 27.6. The zero-order valence-electron chi connectivity index (χ0n) is 22.6. The number of benzene rings is 3. The van der Waals surface area contributed by atoms with E-state index >= 15 is 0 Å². The summed E-state index contributed by atoms with van der Waals surface area (Å²) in [5.74, 6) is 1.22. The number of aromatic nitrogens is 3. The smallest absolute Gasteiger partial charge is 0.350 e. The number of nitrogens with zero attached hydrogens (tertiary/aromatic N) is 5. The van der Waals surface area contributed by atoms with Crippen molar-refractivity contribution in [2.75, 3.05) is 43.2 Å². The highest BCUT2D eigenvalue weighted by Gasteiger charge is 2.31. The van der Waals surface area contributed by atoms with Gasteiger partial charge in [0.1, 0.15) is 12.4 Å². The maximum absolute atomic E-state index is 13.6. The van der Waals surface area contributed by atoms with Gasteiger partial charge in [-0.25, -0.2) is 14.0 Å². The number of fused-ring (bicyclic) bond motifs is 1. The molecule has 0 aliphatic carbocycles. The fraction of sp³-hybridized carbons (Fsp3) is 0.300. The Morgan fingerprint density at radius 2 is 1.57 bits per heavy atom. The summed E-state index contributed by atoms with van der Waals surface area (Å²) in [4.78, 5) is 30.8. The van der Waals surface area contributed by atoms with Crippen LogP contribution < -0.4 is 25.4 Å². The predicted molar refractivity (Wildman–Crippen MR) is 152 cm³/mol. The first kappa shape index (κ1) is 25.7. The first-order valence-corrected chi connectivity index (χ1v) is 13.5. The highest BCUT2D eigenvalue weighted by Crippen LogP contribution is 2.35. The molecule has 1 fully saturated rings. The Morgan fingerprint density at radius 1 is 0.875 bits per heavy atom. The number of nitrogens with one attached hydrogen (secondary N) is 1. The van der Waals surface area contributed by atoms with E-state index in [1.807, 2.05) is 80.6 Å². The van der Waals surface area contributed by atoms with Crippen LogP contribution in [0.2, 0.25) is 0 Å². The maximum Gasteiger partial charge on any atom is 0.350 e. The number of amides is 1. The van der Waals surface area contributed by atoms with Crippen LogP contribution in [-0.2, 0) is 4.79 Å². The average Bonchev–Trinajstić information content (AvgIpc) is 3.60. The summed E-state index contributed by atoms with van der Waals surface area (Å²) in [6.45, 7) is 7.03. The Bertz CT molecular complexity index is 1540. The van der Waals surface area contributed by atoms with Crippen molar-refractivity contribution in [1.82, 2.24) is 19.2 Å². The molecule has 0 bridgehead atoms. The van der Waals surface area contributed by atoms with Gasteiger partial charge < -0.3 is 19.7 Å². The molecular weight excluding hydrogens is 508 g/mol. The van der Waals surface area contributed by atoms with Gasteiger partial charge in [-0.3, -0.25) is 9.69 Å². The van der Waals surface area contributed by atoms with E-state index in [-0.39, 0.29) is 24.4 Å². The molecule has 1 saturated heterocycles. The minimum atomic E-state index is -0.430. The number of carbonyl (C=O) groups excluding carboxylic acids is 1. The molecular formula is C30H32N6O4. The summed E-state index contributed by atoms with van der Waals surface area (Å²) >= 11 is 0. The monoisotopic (exact) mass is 540 g/mol. The van der Waals surface area contributed by atoms with Crippen LogP contribution in [-0.4, -0.2) is 58.1 Å². The second kappa shape index (κ2) is 10.9. The molecule has 1 atom stereocenters. The fourth-order valence-corrected chi connectivity index (χ4v) is 5.26. The molecule has 6 rings (SSSR count). The van der Waals surface area contributed by atoms with Crippen LogP contribution in [0.1, 0.15) is 31.5 Å². The first-order valence-electron chi connectivity index (χ1n) is 13.5. The molecule has 1 unspecified atom stereocenters. The van der Waals surface area contributed by atoms with Crippen LogP contribution in [0.4, 0.5) is 11.4 Å². The van der Waals surface area contributed by atoms with Crippen molar-refractivity contribution >= 4 is 17.3 Å². The van der Waals surface area contributed by atoms with Crippen LogP contribution >= 0.6 is 0 Å². The molecule has 10 heteroatoms. The molecule has 0 saturated carbocycles. The van der Waals surface area contributed by atoms with Gasteiger partial charge in [-0.1, -0.05) is 30.3 Å². The van der Waals surface area contributed by atoms with Gasteiger partial charge in [-0.15, -0.1) is 0 Å². The molecule has 4 aromatic rings. The topological polar surface area (TPSA) is 93.9 Å². The molecule has 3 aromatic carbocycles. The molecule has 3 heterocycles. The van der Waals surface area contributed by atoms with Gasteiger partial charge in [0.2, 0.25) is 12.7 Å². The number of piperazine rings is 1. The van der Waals surface area contributed by atoms with E-state index in [1.165, 1.54) is 4.68 Å². The minimum Gasteiger partial charge on any atom is -0.454 e. The lowest BCUT2D eigenvalue weighted by Gasteiger charge is -2.39. The van der Waals surface area contributed by atoms with Crippen molar-refractivity contribution in [3.05, 3.63) is 95.2 Å². The molecule has 1 amide bonds. The Kier molecular flexibility index (Phi) is 7.00. The lowest BCUT2D eigenvalue weighted by molar-refractivity contribution is -0.121. The Balaban J connectivity index is 1.15. The van der Waals surface area contributed by atoms with Crippen molar-refractivity contribution < 1.29 is 14.3 Å². The summed E-state index contributed by atoms with van der Waals surface area (Å²) in [5, 5.41) is 7.30. The molecule has 2 aliphatic heterocycles. The second-order valence-corrected chi connectivity index (χ2v) is 10.2. The number of hydrogen-bond donors (Lipinski definition) is 1. The number of anilines is 2. The van der Waals surface area contributed by atoms with E-state index in [2.05, 4.69) is 20.2 Å². The van der Waals surface area contributed by atoms with Gasteiger partial charge in [0.05, 0.1) is 11.7 Å². The molecule has 40 heavy (non-hydrogen) atoms. The van der Waals surface area contributed by atoms with E-state index in [4.69, 9.17) is 9.47 Å². The highest BCUT2D eigenvalue weighted by atomic mass is 16.7. The Labute approximate surface area is 232 Å².